The number of halogens is 1. The van der Waals surface area contributed by atoms with Crippen LogP contribution in [0.4, 0.5) is 0 Å². The maximum atomic E-state index is 11.1. The summed E-state index contributed by atoms with van der Waals surface area (Å²) in [6.07, 6.45) is 0.987. The standard InChI is InChI=1S/C14H20BrN3O/c1-10(19)17-11-6-7-18(9-11)14(8-16)12-4-2-3-5-13(12)15/h2-5,11,14H,6-9,16H2,1H3,(H,17,19). The third-order valence-corrected chi connectivity index (χ3v) is 4.28. The first kappa shape index (κ1) is 14.5. The van der Waals surface area contributed by atoms with Crippen LogP contribution in [-0.2, 0) is 4.79 Å². The molecular weight excluding hydrogens is 306 g/mol. The molecule has 2 rings (SSSR count). The highest BCUT2D eigenvalue weighted by Crippen LogP contribution is 2.29. The van der Waals surface area contributed by atoms with Gasteiger partial charge in [0.1, 0.15) is 0 Å². The average Bonchev–Trinajstić information content (AvgIpc) is 2.80. The lowest BCUT2D eigenvalue weighted by atomic mass is 10.1. The molecule has 1 aromatic rings. The van der Waals surface area contributed by atoms with Crippen LogP contribution in [0.2, 0.25) is 0 Å². The van der Waals surface area contributed by atoms with Gasteiger partial charge in [-0.1, -0.05) is 34.1 Å². The van der Waals surface area contributed by atoms with Gasteiger partial charge >= 0.3 is 0 Å². The first-order valence-corrected chi connectivity index (χ1v) is 7.36. The zero-order chi connectivity index (χ0) is 13.8. The Morgan fingerprint density at radius 2 is 2.32 bits per heavy atom. The number of carbonyl (C=O) groups is 1. The summed E-state index contributed by atoms with van der Waals surface area (Å²) in [4.78, 5) is 13.5. The van der Waals surface area contributed by atoms with E-state index >= 15 is 0 Å². The summed E-state index contributed by atoms with van der Waals surface area (Å²) >= 11 is 3.59. The number of nitrogens with zero attached hydrogens (tertiary/aromatic N) is 1. The second kappa shape index (κ2) is 6.50. The average molecular weight is 326 g/mol. The fraction of sp³-hybridized carbons (Fsp3) is 0.500. The van der Waals surface area contributed by atoms with E-state index in [1.807, 2.05) is 18.2 Å². The topological polar surface area (TPSA) is 58.4 Å². The van der Waals surface area contributed by atoms with Gasteiger partial charge in [-0.2, -0.15) is 0 Å². The summed E-state index contributed by atoms with van der Waals surface area (Å²) in [5, 5.41) is 2.98. The molecule has 0 aromatic heterocycles. The van der Waals surface area contributed by atoms with Crippen LogP contribution in [0.1, 0.15) is 24.9 Å². The largest absolute Gasteiger partial charge is 0.352 e. The Balaban J connectivity index is 2.08. The summed E-state index contributed by atoms with van der Waals surface area (Å²) in [6, 6.07) is 8.63. The van der Waals surface area contributed by atoms with Crippen LogP contribution in [0.3, 0.4) is 0 Å². The maximum absolute atomic E-state index is 11.1. The van der Waals surface area contributed by atoms with Gasteiger partial charge < -0.3 is 11.1 Å². The van der Waals surface area contributed by atoms with Gasteiger partial charge in [-0.15, -0.1) is 0 Å². The van der Waals surface area contributed by atoms with Gasteiger partial charge in [0.05, 0.1) is 0 Å². The molecule has 0 saturated carbocycles. The first-order valence-electron chi connectivity index (χ1n) is 6.57. The van der Waals surface area contributed by atoms with Gasteiger partial charge in [0.2, 0.25) is 5.91 Å². The number of hydrogen-bond acceptors (Lipinski definition) is 3. The van der Waals surface area contributed by atoms with Gasteiger partial charge in [-0.25, -0.2) is 0 Å². The van der Waals surface area contributed by atoms with E-state index in [0.29, 0.717) is 6.54 Å². The Morgan fingerprint density at radius 1 is 1.58 bits per heavy atom. The Bertz CT molecular complexity index is 452. The normalized spacial score (nSPS) is 21.3. The Hall–Kier alpha value is -0.910. The highest BCUT2D eigenvalue weighted by Gasteiger charge is 2.29. The molecule has 3 N–H and O–H groups in total. The number of hydrogen-bond donors (Lipinski definition) is 2. The molecule has 2 unspecified atom stereocenters. The lowest BCUT2D eigenvalue weighted by molar-refractivity contribution is -0.119. The second-order valence-electron chi connectivity index (χ2n) is 4.95. The minimum absolute atomic E-state index is 0.0389. The van der Waals surface area contributed by atoms with E-state index in [1.54, 1.807) is 6.92 Å². The lowest BCUT2D eigenvalue weighted by Gasteiger charge is -2.28. The number of likely N-dealkylation sites (tertiary alicyclic amines) is 1. The quantitative estimate of drug-likeness (QED) is 0.885. The third-order valence-electron chi connectivity index (χ3n) is 3.56. The Labute approximate surface area is 122 Å². The molecule has 5 heteroatoms. The van der Waals surface area contributed by atoms with Gasteiger partial charge in [-0.05, 0) is 18.1 Å². The smallest absolute Gasteiger partial charge is 0.217 e. The minimum atomic E-state index is 0.0389. The highest BCUT2D eigenvalue weighted by atomic mass is 79.9. The molecule has 2 atom stereocenters. The van der Waals surface area contributed by atoms with Crippen molar-refractivity contribution in [3.63, 3.8) is 0 Å². The van der Waals surface area contributed by atoms with Crippen molar-refractivity contribution in [2.75, 3.05) is 19.6 Å². The number of benzene rings is 1. The van der Waals surface area contributed by atoms with Crippen molar-refractivity contribution < 1.29 is 4.79 Å². The molecule has 1 saturated heterocycles. The number of amides is 1. The fourth-order valence-corrected chi connectivity index (χ4v) is 3.24. The van der Waals surface area contributed by atoms with Crippen molar-refractivity contribution in [1.29, 1.82) is 0 Å². The van der Waals surface area contributed by atoms with Crippen LogP contribution in [-0.4, -0.2) is 36.5 Å². The van der Waals surface area contributed by atoms with E-state index < -0.39 is 0 Å². The number of nitrogens with one attached hydrogen (secondary N) is 1. The summed E-state index contributed by atoms with van der Waals surface area (Å²) in [5.41, 5.74) is 7.17. The summed E-state index contributed by atoms with van der Waals surface area (Å²) in [7, 11) is 0. The molecule has 1 aliphatic rings. The van der Waals surface area contributed by atoms with E-state index in [0.717, 1.165) is 24.0 Å². The van der Waals surface area contributed by atoms with Gasteiger partial charge in [0, 0.05) is 43.1 Å². The van der Waals surface area contributed by atoms with Crippen molar-refractivity contribution in [3.05, 3.63) is 34.3 Å². The van der Waals surface area contributed by atoms with Crippen LogP contribution in [0.5, 0.6) is 0 Å². The van der Waals surface area contributed by atoms with Crippen LogP contribution >= 0.6 is 15.9 Å². The second-order valence-corrected chi connectivity index (χ2v) is 5.81. The number of rotatable bonds is 4. The molecule has 0 radical (unpaired) electrons. The predicted molar refractivity (Wildman–Crippen MR) is 79.7 cm³/mol. The summed E-state index contributed by atoms with van der Waals surface area (Å²) in [6.45, 7) is 3.98. The zero-order valence-electron chi connectivity index (χ0n) is 11.1. The molecule has 1 aliphatic heterocycles. The van der Waals surface area contributed by atoms with Crippen LogP contribution in [0.15, 0.2) is 28.7 Å². The van der Waals surface area contributed by atoms with Crippen LogP contribution in [0, 0.1) is 0 Å². The molecule has 19 heavy (non-hydrogen) atoms. The molecule has 1 aromatic carbocycles. The molecule has 0 bridgehead atoms. The summed E-state index contributed by atoms with van der Waals surface area (Å²) in [5.74, 6) is 0.0389. The maximum Gasteiger partial charge on any atom is 0.217 e. The molecule has 0 spiro atoms. The summed E-state index contributed by atoms with van der Waals surface area (Å²) < 4.78 is 1.09. The van der Waals surface area contributed by atoms with Crippen molar-refractivity contribution in [1.82, 2.24) is 10.2 Å². The van der Waals surface area contributed by atoms with E-state index in [1.165, 1.54) is 5.56 Å². The van der Waals surface area contributed by atoms with Crippen molar-refractivity contribution in [2.24, 2.45) is 5.73 Å². The molecule has 1 heterocycles. The van der Waals surface area contributed by atoms with Crippen molar-refractivity contribution in [3.8, 4) is 0 Å². The fourth-order valence-electron chi connectivity index (χ4n) is 2.69. The van der Waals surface area contributed by atoms with Crippen LogP contribution < -0.4 is 11.1 Å². The van der Waals surface area contributed by atoms with Gasteiger partial charge in [-0.3, -0.25) is 9.69 Å². The minimum Gasteiger partial charge on any atom is -0.352 e. The third kappa shape index (κ3) is 3.55. The molecule has 1 amide bonds. The number of carbonyl (C=O) groups excluding carboxylic acids is 1. The SMILES string of the molecule is CC(=O)NC1CCN(C(CN)c2ccccc2Br)C1. The Morgan fingerprint density at radius 3 is 2.95 bits per heavy atom. The van der Waals surface area contributed by atoms with E-state index in [4.69, 9.17) is 5.73 Å². The van der Waals surface area contributed by atoms with E-state index in [9.17, 15) is 4.79 Å². The molecule has 0 aliphatic carbocycles. The van der Waals surface area contributed by atoms with Gasteiger partial charge in [0.15, 0.2) is 0 Å². The lowest BCUT2D eigenvalue weighted by Crippen LogP contribution is -2.38. The first-order chi connectivity index (χ1) is 9.11. The molecule has 1 fully saturated rings. The van der Waals surface area contributed by atoms with Gasteiger partial charge in [0.25, 0.3) is 0 Å². The monoisotopic (exact) mass is 325 g/mol. The zero-order valence-corrected chi connectivity index (χ0v) is 12.7. The van der Waals surface area contributed by atoms with Crippen LogP contribution in [0.25, 0.3) is 0 Å². The molecule has 4 nitrogen and oxygen atoms in total. The van der Waals surface area contributed by atoms with E-state index in [2.05, 4.69) is 32.2 Å². The van der Waals surface area contributed by atoms with E-state index in [-0.39, 0.29) is 18.0 Å². The Kier molecular flexibility index (Phi) is 4.96. The predicted octanol–water partition coefficient (Wildman–Crippen LogP) is 1.66. The van der Waals surface area contributed by atoms with Crippen molar-refractivity contribution in [2.45, 2.75) is 25.4 Å². The molecule has 104 valence electrons. The highest BCUT2D eigenvalue weighted by molar-refractivity contribution is 9.10. The molecular formula is C14H20BrN3O. The number of nitrogens with two attached hydrogens (primary N) is 1. The van der Waals surface area contributed by atoms with Crippen molar-refractivity contribution >= 4 is 21.8 Å².